The van der Waals surface area contributed by atoms with Gasteiger partial charge in [0.25, 0.3) is 11.7 Å². The van der Waals surface area contributed by atoms with Crippen LogP contribution in [0.4, 0.5) is 34.4 Å². The zero-order chi connectivity index (χ0) is 40.0. The second-order valence-electron chi connectivity index (χ2n) is 15.1. The third-order valence-corrected chi connectivity index (χ3v) is 11.6. The summed E-state index contributed by atoms with van der Waals surface area (Å²) < 4.78 is 19.3. The van der Waals surface area contributed by atoms with E-state index in [2.05, 4.69) is 114 Å². The molecule has 286 valence electrons. The zero-order valence-electron chi connectivity index (χ0n) is 32.2. The summed E-state index contributed by atoms with van der Waals surface area (Å²) in [5.41, 5.74) is 9.50. The molecule has 0 N–H and O–H groups in total. The average molecular weight is 787 g/mol. The lowest BCUT2D eigenvalue weighted by molar-refractivity contribution is 0.649. The second-order valence-corrected chi connectivity index (χ2v) is 15.1. The van der Waals surface area contributed by atoms with Crippen molar-refractivity contribution in [2.24, 2.45) is 0 Å². The standard InChI is InChI=1S/C52H30N6O3/c1-3-15-36-31(11-1)13-9-19-42(36)57(33-23-25-40-38-17-5-7-21-44(38)59-46(40)27-33)35-29-48-49(53-30-35)50-51(61-48)54-52(56-55-50)58(43-20-10-14-32-12-2-4-16-37(32)43)34-24-26-41-39-18-6-8-22-45(39)60-47(41)28-34/h1-30H. The molecule has 0 bridgehead atoms. The molecular weight excluding hydrogens is 757 g/mol. The highest BCUT2D eigenvalue weighted by atomic mass is 16.3. The van der Waals surface area contributed by atoms with E-state index >= 15 is 0 Å². The lowest BCUT2D eigenvalue weighted by Gasteiger charge is -2.26. The number of hydrogen-bond donors (Lipinski definition) is 0. The normalized spacial score (nSPS) is 11.9. The summed E-state index contributed by atoms with van der Waals surface area (Å²) in [5, 5.41) is 18.0. The molecule has 13 aromatic rings. The molecule has 0 saturated heterocycles. The predicted molar refractivity (Wildman–Crippen MR) is 244 cm³/mol. The van der Waals surface area contributed by atoms with Crippen molar-refractivity contribution in [1.82, 2.24) is 20.2 Å². The van der Waals surface area contributed by atoms with Gasteiger partial charge in [-0.1, -0.05) is 109 Å². The molecule has 9 nitrogen and oxygen atoms in total. The number of benzene rings is 8. The van der Waals surface area contributed by atoms with Crippen molar-refractivity contribution < 1.29 is 13.3 Å². The van der Waals surface area contributed by atoms with Crippen LogP contribution in [0.1, 0.15) is 0 Å². The lowest BCUT2D eigenvalue weighted by atomic mass is 10.1. The number of aromatic nitrogens is 4. The Morgan fingerprint density at radius 2 is 0.869 bits per heavy atom. The number of anilines is 6. The van der Waals surface area contributed by atoms with Crippen LogP contribution < -0.4 is 9.80 Å². The topological polar surface area (TPSA) is 97.5 Å². The van der Waals surface area contributed by atoms with Gasteiger partial charge in [0, 0.05) is 56.2 Å². The highest BCUT2D eigenvalue weighted by Crippen LogP contribution is 2.44. The molecule has 9 heteroatoms. The maximum absolute atomic E-state index is 6.61. The minimum absolute atomic E-state index is 0.320. The van der Waals surface area contributed by atoms with Gasteiger partial charge in [-0.15, -0.1) is 10.2 Å². The van der Waals surface area contributed by atoms with Crippen LogP contribution in [0.2, 0.25) is 0 Å². The summed E-state index contributed by atoms with van der Waals surface area (Å²) >= 11 is 0. The fourth-order valence-corrected chi connectivity index (χ4v) is 8.84. The molecule has 0 aliphatic heterocycles. The first-order valence-corrected chi connectivity index (χ1v) is 20.0. The smallest absolute Gasteiger partial charge is 0.257 e. The number of para-hydroxylation sites is 2. The molecule has 5 heterocycles. The Bertz CT molecular complexity index is 3620. The van der Waals surface area contributed by atoms with Crippen molar-refractivity contribution >= 4 is 122 Å². The van der Waals surface area contributed by atoms with Crippen LogP contribution in [-0.2, 0) is 0 Å². The van der Waals surface area contributed by atoms with E-state index in [-0.39, 0.29) is 0 Å². The maximum Gasteiger partial charge on any atom is 0.257 e. The van der Waals surface area contributed by atoms with Crippen LogP contribution in [-0.4, -0.2) is 20.2 Å². The Hall–Kier alpha value is -8.56. The monoisotopic (exact) mass is 786 g/mol. The van der Waals surface area contributed by atoms with Gasteiger partial charge in [0.1, 0.15) is 27.8 Å². The first-order valence-electron chi connectivity index (χ1n) is 20.0. The Balaban J connectivity index is 0.981. The highest BCUT2D eigenvalue weighted by Gasteiger charge is 2.24. The predicted octanol–water partition coefficient (Wildman–Crippen LogP) is 14.2. The van der Waals surface area contributed by atoms with E-state index in [0.29, 0.717) is 28.3 Å². The van der Waals surface area contributed by atoms with Crippen molar-refractivity contribution in [3.8, 4) is 0 Å². The van der Waals surface area contributed by atoms with Crippen LogP contribution in [0.25, 0.3) is 87.8 Å². The van der Waals surface area contributed by atoms with E-state index in [0.717, 1.165) is 93.9 Å². The Morgan fingerprint density at radius 1 is 0.361 bits per heavy atom. The number of fused-ring (bicyclic) bond motifs is 11. The summed E-state index contributed by atoms with van der Waals surface area (Å²) in [6, 6.07) is 59.9. The molecular formula is C52H30N6O3. The van der Waals surface area contributed by atoms with Crippen LogP contribution in [0.3, 0.4) is 0 Å². The molecule has 0 amide bonds. The number of hydrogen-bond acceptors (Lipinski definition) is 9. The minimum Gasteiger partial charge on any atom is -0.456 e. The van der Waals surface area contributed by atoms with Crippen LogP contribution in [0.15, 0.2) is 195 Å². The Morgan fingerprint density at radius 3 is 1.51 bits per heavy atom. The van der Waals surface area contributed by atoms with Crippen molar-refractivity contribution in [3.05, 3.63) is 182 Å². The molecule has 0 radical (unpaired) electrons. The quantitative estimate of drug-likeness (QED) is 0.163. The Labute approximate surface area is 346 Å². The third-order valence-electron chi connectivity index (χ3n) is 11.6. The first-order chi connectivity index (χ1) is 30.2. The van der Waals surface area contributed by atoms with E-state index in [1.807, 2.05) is 77.8 Å². The fourth-order valence-electron chi connectivity index (χ4n) is 8.84. The molecule has 0 aliphatic carbocycles. The molecule has 0 atom stereocenters. The van der Waals surface area contributed by atoms with Crippen molar-refractivity contribution in [2.45, 2.75) is 0 Å². The Kier molecular flexibility index (Phi) is 7.11. The summed E-state index contributed by atoms with van der Waals surface area (Å²) in [6.45, 7) is 0. The van der Waals surface area contributed by atoms with Gasteiger partial charge in [0.05, 0.1) is 28.9 Å². The summed E-state index contributed by atoms with van der Waals surface area (Å²) in [6.07, 6.45) is 1.85. The van der Waals surface area contributed by atoms with Gasteiger partial charge in [0.2, 0.25) is 0 Å². The number of pyridine rings is 1. The van der Waals surface area contributed by atoms with Crippen molar-refractivity contribution in [3.63, 3.8) is 0 Å². The molecule has 13 rings (SSSR count). The number of rotatable bonds is 6. The molecule has 0 aliphatic rings. The van der Waals surface area contributed by atoms with Crippen molar-refractivity contribution in [2.75, 3.05) is 9.80 Å². The van der Waals surface area contributed by atoms with Crippen LogP contribution in [0.5, 0.6) is 0 Å². The maximum atomic E-state index is 6.61. The van der Waals surface area contributed by atoms with E-state index in [1.54, 1.807) is 0 Å². The van der Waals surface area contributed by atoms with Gasteiger partial charge in [-0.3, -0.25) is 4.90 Å². The largest absolute Gasteiger partial charge is 0.456 e. The highest BCUT2D eigenvalue weighted by molar-refractivity contribution is 6.09. The number of nitrogens with zero attached hydrogens (tertiary/aromatic N) is 6. The third kappa shape index (κ3) is 5.20. The molecule has 0 unspecified atom stereocenters. The molecule has 0 spiro atoms. The van der Waals surface area contributed by atoms with Gasteiger partial charge >= 0.3 is 0 Å². The van der Waals surface area contributed by atoms with Crippen molar-refractivity contribution in [1.29, 1.82) is 0 Å². The molecule has 0 saturated carbocycles. The molecule has 61 heavy (non-hydrogen) atoms. The van der Waals surface area contributed by atoms with Gasteiger partial charge in [-0.05, 0) is 59.3 Å². The van der Waals surface area contributed by atoms with Gasteiger partial charge in [0.15, 0.2) is 11.1 Å². The minimum atomic E-state index is 0.320. The molecule has 5 aromatic heterocycles. The molecule has 0 fully saturated rings. The van der Waals surface area contributed by atoms with Crippen LogP contribution in [0, 0.1) is 0 Å². The van der Waals surface area contributed by atoms with Gasteiger partial charge in [-0.25, -0.2) is 4.98 Å². The summed E-state index contributed by atoms with van der Waals surface area (Å²) in [5.74, 6) is 0.343. The SMILES string of the molecule is c1ccc2c(N(c3ccc4c(c3)oc3ccccc34)c3cnc4c(c3)oc3nc(N(c5ccc6c(c5)oc5ccccc56)c5cccc6ccccc56)nnc34)cccc2c1. The first kappa shape index (κ1) is 33.4. The summed E-state index contributed by atoms with van der Waals surface area (Å²) in [7, 11) is 0. The van der Waals surface area contributed by atoms with E-state index in [1.165, 1.54) is 0 Å². The van der Waals surface area contributed by atoms with Gasteiger partial charge in [-0.2, -0.15) is 4.98 Å². The fraction of sp³-hybridized carbons (Fsp3) is 0. The van der Waals surface area contributed by atoms with E-state index in [4.69, 9.17) is 33.4 Å². The zero-order valence-corrected chi connectivity index (χ0v) is 32.2. The van der Waals surface area contributed by atoms with Gasteiger partial charge < -0.3 is 18.2 Å². The lowest BCUT2D eigenvalue weighted by Crippen LogP contribution is -2.14. The van der Waals surface area contributed by atoms with Crippen LogP contribution >= 0.6 is 0 Å². The molecule has 8 aromatic carbocycles. The average Bonchev–Trinajstić information content (AvgIpc) is 3.99. The number of furan rings is 3. The summed E-state index contributed by atoms with van der Waals surface area (Å²) in [4.78, 5) is 14.2. The second kappa shape index (κ2) is 13.0. The van der Waals surface area contributed by atoms with E-state index < -0.39 is 0 Å². The van der Waals surface area contributed by atoms with E-state index in [9.17, 15) is 0 Å².